The van der Waals surface area contributed by atoms with E-state index < -0.39 is 11.4 Å². The molecule has 0 saturated carbocycles. The second-order valence-electron chi connectivity index (χ2n) is 6.43. The fourth-order valence-corrected chi connectivity index (χ4v) is 3.53. The predicted octanol–water partition coefficient (Wildman–Crippen LogP) is 2.05. The van der Waals surface area contributed by atoms with Crippen molar-refractivity contribution in [3.8, 4) is 5.88 Å². The molecule has 2 aromatic heterocycles. The van der Waals surface area contributed by atoms with E-state index >= 15 is 0 Å². The van der Waals surface area contributed by atoms with Crippen LogP contribution in [0.2, 0.25) is 0 Å². The monoisotopic (exact) mass is 347 g/mol. The molecular weight excluding hydrogens is 329 g/mol. The highest BCUT2D eigenvalue weighted by atomic mass is 19.1. The molecule has 4 rings (SSSR count). The van der Waals surface area contributed by atoms with E-state index in [1.807, 2.05) is 0 Å². The first kappa shape index (κ1) is 16.0. The van der Waals surface area contributed by atoms with E-state index in [0.29, 0.717) is 31.8 Å². The fraction of sp³-hybridized carbons (Fsp3) is 0.471. The van der Waals surface area contributed by atoms with E-state index in [1.54, 1.807) is 4.90 Å². The van der Waals surface area contributed by atoms with Crippen molar-refractivity contribution in [1.29, 1.82) is 0 Å². The second kappa shape index (κ2) is 6.44. The van der Waals surface area contributed by atoms with Crippen LogP contribution in [0.4, 0.5) is 4.39 Å². The number of ether oxygens (including phenoxy) is 2. The highest BCUT2D eigenvalue weighted by Crippen LogP contribution is 2.36. The van der Waals surface area contributed by atoms with Gasteiger partial charge in [-0.25, -0.2) is 14.4 Å². The number of likely N-dealkylation sites (tertiary alicyclic amines) is 1. The second-order valence-corrected chi connectivity index (χ2v) is 6.43. The van der Waals surface area contributed by atoms with Crippen molar-refractivity contribution >= 4 is 5.91 Å². The third kappa shape index (κ3) is 3.21. The third-order valence-electron chi connectivity index (χ3n) is 4.66. The molecule has 0 unspecified atom stereocenters. The van der Waals surface area contributed by atoms with Gasteiger partial charge in [-0.15, -0.1) is 0 Å². The molecule has 2 fully saturated rings. The lowest BCUT2D eigenvalue weighted by molar-refractivity contribution is -0.0455. The fourth-order valence-electron chi connectivity index (χ4n) is 3.53. The van der Waals surface area contributed by atoms with E-state index in [-0.39, 0.29) is 17.9 Å². The Balaban J connectivity index is 1.42. The zero-order chi connectivity index (χ0) is 17.3. The van der Waals surface area contributed by atoms with Crippen LogP contribution >= 0.6 is 0 Å². The largest absolute Gasteiger partial charge is 0.470 e. The average molecular weight is 347 g/mol. The summed E-state index contributed by atoms with van der Waals surface area (Å²) in [7, 11) is 0. The number of hydrogen-bond acceptors (Lipinski definition) is 6. The standard InChI is InChI=1S/C17H18FN3O4/c18-13-3-1-5-19-15(13)25-12-7-17(24-8-12)4-2-6-21(10-17)16(22)14-9-23-11-20-14/h1,3,5,9,11-12H,2,4,6-8,10H2/t12-,17+/m1/s1. The molecule has 132 valence electrons. The number of hydrogen-bond donors (Lipinski definition) is 0. The number of halogens is 1. The molecular formula is C17H18FN3O4. The summed E-state index contributed by atoms with van der Waals surface area (Å²) in [5.74, 6) is -0.675. The molecule has 2 saturated heterocycles. The Kier molecular flexibility index (Phi) is 4.12. The molecule has 4 heterocycles. The quantitative estimate of drug-likeness (QED) is 0.846. The Morgan fingerprint density at radius 3 is 3.16 bits per heavy atom. The molecule has 7 nitrogen and oxygen atoms in total. The summed E-state index contributed by atoms with van der Waals surface area (Å²) in [4.78, 5) is 22.0. The Morgan fingerprint density at radius 1 is 1.44 bits per heavy atom. The Morgan fingerprint density at radius 2 is 2.36 bits per heavy atom. The smallest absolute Gasteiger partial charge is 0.275 e. The normalized spacial score (nSPS) is 26.1. The van der Waals surface area contributed by atoms with Crippen LogP contribution in [-0.4, -0.2) is 52.2 Å². The number of nitrogens with zero attached hydrogens (tertiary/aromatic N) is 3. The molecule has 8 heteroatoms. The van der Waals surface area contributed by atoms with Gasteiger partial charge in [0.15, 0.2) is 17.9 Å². The van der Waals surface area contributed by atoms with E-state index in [0.717, 1.165) is 12.8 Å². The topological polar surface area (TPSA) is 77.7 Å². The summed E-state index contributed by atoms with van der Waals surface area (Å²) in [5, 5.41) is 0. The van der Waals surface area contributed by atoms with Crippen molar-refractivity contribution in [2.75, 3.05) is 19.7 Å². The van der Waals surface area contributed by atoms with Crippen molar-refractivity contribution < 1.29 is 23.1 Å². The molecule has 0 aliphatic carbocycles. The summed E-state index contributed by atoms with van der Waals surface area (Å²) in [5.41, 5.74) is -0.175. The number of amides is 1. The number of carbonyl (C=O) groups is 1. The van der Waals surface area contributed by atoms with Gasteiger partial charge in [-0.3, -0.25) is 4.79 Å². The molecule has 0 aromatic carbocycles. The van der Waals surface area contributed by atoms with Crippen LogP contribution in [0.5, 0.6) is 5.88 Å². The van der Waals surface area contributed by atoms with Crippen LogP contribution < -0.4 is 4.74 Å². The minimum Gasteiger partial charge on any atom is -0.470 e. The third-order valence-corrected chi connectivity index (χ3v) is 4.66. The van der Waals surface area contributed by atoms with Gasteiger partial charge in [-0.2, -0.15) is 0 Å². The van der Waals surface area contributed by atoms with Gasteiger partial charge in [0.1, 0.15) is 12.4 Å². The van der Waals surface area contributed by atoms with Crippen LogP contribution in [0.25, 0.3) is 0 Å². The van der Waals surface area contributed by atoms with Gasteiger partial charge in [0, 0.05) is 19.2 Å². The van der Waals surface area contributed by atoms with Gasteiger partial charge in [-0.1, -0.05) is 0 Å². The summed E-state index contributed by atoms with van der Waals surface area (Å²) < 4.78 is 30.2. The van der Waals surface area contributed by atoms with E-state index in [1.165, 1.54) is 31.0 Å². The zero-order valence-electron chi connectivity index (χ0n) is 13.6. The van der Waals surface area contributed by atoms with E-state index in [2.05, 4.69) is 9.97 Å². The molecule has 2 aliphatic rings. The summed E-state index contributed by atoms with van der Waals surface area (Å²) in [6.07, 6.45) is 6.04. The maximum atomic E-state index is 13.7. The number of piperidine rings is 1. The Hall–Kier alpha value is -2.48. The van der Waals surface area contributed by atoms with E-state index in [9.17, 15) is 9.18 Å². The SMILES string of the molecule is O=C(c1cocn1)N1CCC[C@]2(C[C@@H](Oc3ncccc3F)CO2)C1. The minimum absolute atomic E-state index is 0.0144. The molecule has 2 atom stereocenters. The number of pyridine rings is 1. The molecule has 1 amide bonds. The molecule has 1 spiro atoms. The van der Waals surface area contributed by atoms with E-state index in [4.69, 9.17) is 13.9 Å². The molecule has 2 aromatic rings. The first-order valence-electron chi connectivity index (χ1n) is 8.24. The molecule has 0 N–H and O–H groups in total. The lowest BCUT2D eigenvalue weighted by Crippen LogP contribution is -2.50. The van der Waals surface area contributed by atoms with Crippen molar-refractivity contribution in [2.24, 2.45) is 0 Å². The number of aromatic nitrogens is 2. The maximum Gasteiger partial charge on any atom is 0.275 e. The molecule has 0 radical (unpaired) electrons. The van der Waals surface area contributed by atoms with Gasteiger partial charge >= 0.3 is 0 Å². The number of carbonyl (C=O) groups excluding carboxylic acids is 1. The average Bonchev–Trinajstić information content (AvgIpc) is 3.27. The first-order valence-corrected chi connectivity index (χ1v) is 8.24. The number of rotatable bonds is 3. The van der Waals surface area contributed by atoms with Gasteiger partial charge in [0.25, 0.3) is 11.8 Å². The van der Waals surface area contributed by atoms with Crippen LogP contribution in [-0.2, 0) is 4.74 Å². The highest BCUT2D eigenvalue weighted by Gasteiger charge is 2.46. The van der Waals surface area contributed by atoms with Gasteiger partial charge in [-0.05, 0) is 25.0 Å². The predicted molar refractivity (Wildman–Crippen MR) is 83.6 cm³/mol. The minimum atomic E-state index is -0.491. The van der Waals surface area contributed by atoms with Gasteiger partial charge < -0.3 is 18.8 Å². The zero-order valence-corrected chi connectivity index (χ0v) is 13.6. The summed E-state index contributed by atoms with van der Waals surface area (Å²) in [6, 6.07) is 2.83. The highest BCUT2D eigenvalue weighted by molar-refractivity contribution is 5.92. The van der Waals surface area contributed by atoms with Gasteiger partial charge in [0.2, 0.25) is 0 Å². The van der Waals surface area contributed by atoms with Crippen molar-refractivity contribution in [2.45, 2.75) is 31.0 Å². The molecule has 0 bridgehead atoms. The van der Waals surface area contributed by atoms with Crippen LogP contribution in [0.1, 0.15) is 29.8 Å². The lowest BCUT2D eigenvalue weighted by Gasteiger charge is -2.39. The van der Waals surface area contributed by atoms with Crippen molar-refractivity contribution in [3.63, 3.8) is 0 Å². The maximum absolute atomic E-state index is 13.7. The summed E-state index contributed by atoms with van der Waals surface area (Å²) in [6.45, 7) is 1.46. The van der Waals surface area contributed by atoms with Crippen molar-refractivity contribution in [3.05, 3.63) is 42.5 Å². The first-order chi connectivity index (χ1) is 12.2. The van der Waals surface area contributed by atoms with Crippen LogP contribution in [0.15, 0.2) is 35.4 Å². The Bertz CT molecular complexity index is 754. The molecule has 25 heavy (non-hydrogen) atoms. The Labute approximate surface area is 143 Å². The van der Waals surface area contributed by atoms with Crippen LogP contribution in [0, 0.1) is 5.82 Å². The van der Waals surface area contributed by atoms with Crippen LogP contribution in [0.3, 0.4) is 0 Å². The molecule has 2 aliphatic heterocycles. The summed E-state index contributed by atoms with van der Waals surface area (Å²) >= 11 is 0. The van der Waals surface area contributed by atoms with Crippen molar-refractivity contribution in [1.82, 2.24) is 14.9 Å². The van der Waals surface area contributed by atoms with Gasteiger partial charge in [0.05, 0.1) is 18.8 Å². The lowest BCUT2D eigenvalue weighted by atomic mass is 9.89. The number of oxazole rings is 1.